The highest BCUT2D eigenvalue weighted by Crippen LogP contribution is 2.36. The molecule has 1 aromatic heterocycles. The molecule has 2 heterocycles. The predicted molar refractivity (Wildman–Crippen MR) is 83.2 cm³/mol. The Morgan fingerprint density at radius 1 is 1.13 bits per heavy atom. The van der Waals surface area contributed by atoms with Crippen LogP contribution in [0.4, 0.5) is 0 Å². The van der Waals surface area contributed by atoms with Crippen LogP contribution < -0.4 is 10.4 Å². The van der Waals surface area contributed by atoms with Crippen molar-refractivity contribution in [1.29, 1.82) is 0 Å². The molecule has 2 N–H and O–H groups in total. The van der Waals surface area contributed by atoms with Gasteiger partial charge in [0.05, 0.1) is 11.7 Å². The van der Waals surface area contributed by atoms with E-state index in [1.165, 1.54) is 6.07 Å². The van der Waals surface area contributed by atoms with E-state index >= 15 is 0 Å². The van der Waals surface area contributed by atoms with Gasteiger partial charge in [0.15, 0.2) is 11.3 Å². The van der Waals surface area contributed by atoms with Crippen molar-refractivity contribution in [1.82, 2.24) is 0 Å². The van der Waals surface area contributed by atoms with E-state index in [-0.39, 0.29) is 17.3 Å². The zero-order chi connectivity index (χ0) is 16.8. The molecule has 1 aliphatic heterocycles. The molecule has 1 saturated heterocycles. The van der Waals surface area contributed by atoms with Gasteiger partial charge in [-0.1, -0.05) is 19.1 Å². The molecular formula is C17H20O6. The molecule has 0 amide bonds. The van der Waals surface area contributed by atoms with Crippen LogP contribution in [0.25, 0.3) is 11.0 Å². The van der Waals surface area contributed by atoms with Gasteiger partial charge >= 0.3 is 5.63 Å². The second-order valence-corrected chi connectivity index (χ2v) is 6.41. The van der Waals surface area contributed by atoms with Crippen LogP contribution in [0.2, 0.25) is 0 Å². The van der Waals surface area contributed by atoms with Gasteiger partial charge in [0.2, 0.25) is 6.29 Å². The number of aliphatic hydroxyl groups excluding tert-OH is 2. The van der Waals surface area contributed by atoms with Gasteiger partial charge in [-0.2, -0.15) is 0 Å². The summed E-state index contributed by atoms with van der Waals surface area (Å²) >= 11 is 0. The lowest BCUT2D eigenvalue weighted by atomic mass is 9.82. The van der Waals surface area contributed by atoms with Crippen molar-refractivity contribution in [3.05, 3.63) is 40.8 Å². The first-order chi connectivity index (χ1) is 10.8. The first-order valence-electron chi connectivity index (χ1n) is 7.53. The third-order valence-corrected chi connectivity index (χ3v) is 4.51. The summed E-state index contributed by atoms with van der Waals surface area (Å²) < 4.78 is 16.7. The molecule has 0 radical (unpaired) electrons. The van der Waals surface area contributed by atoms with Crippen LogP contribution in [0.1, 0.15) is 20.8 Å². The largest absolute Gasteiger partial charge is 0.458 e. The maximum atomic E-state index is 11.4. The summed E-state index contributed by atoms with van der Waals surface area (Å²) in [6.07, 6.45) is -3.25. The first kappa shape index (κ1) is 16.0. The summed E-state index contributed by atoms with van der Waals surface area (Å²) in [5.74, 6) is 0.0182. The van der Waals surface area contributed by atoms with Gasteiger partial charge in [0.25, 0.3) is 0 Å². The maximum absolute atomic E-state index is 11.4. The predicted octanol–water partition coefficient (Wildman–Crippen LogP) is 1.66. The monoisotopic (exact) mass is 320 g/mol. The zero-order valence-corrected chi connectivity index (χ0v) is 13.2. The third-order valence-electron chi connectivity index (χ3n) is 4.51. The molecule has 1 fully saturated rings. The topological polar surface area (TPSA) is 89.1 Å². The standard InChI is InChI=1S/C17H20O6/c1-9-13(19)14(20)16(23-17(9,2)3)21-11-6-4-5-10-7-8-12(18)22-15(10)11/h4-9,13-14,16,19-20H,1-3H3/t9-,13+,14+,16?/m1/s1. The average molecular weight is 320 g/mol. The van der Waals surface area contributed by atoms with E-state index < -0.39 is 29.7 Å². The molecule has 1 aromatic carbocycles. The van der Waals surface area contributed by atoms with Crippen molar-refractivity contribution >= 4 is 11.0 Å². The summed E-state index contributed by atoms with van der Waals surface area (Å²) in [6.45, 7) is 5.46. The minimum Gasteiger partial charge on any atom is -0.458 e. The Kier molecular flexibility index (Phi) is 3.91. The molecule has 1 unspecified atom stereocenters. The van der Waals surface area contributed by atoms with Crippen molar-refractivity contribution in [3.8, 4) is 5.75 Å². The lowest BCUT2D eigenvalue weighted by molar-refractivity contribution is -0.284. The Morgan fingerprint density at radius 2 is 1.87 bits per heavy atom. The smallest absolute Gasteiger partial charge is 0.336 e. The average Bonchev–Trinajstić information content (AvgIpc) is 2.51. The van der Waals surface area contributed by atoms with Crippen molar-refractivity contribution < 1.29 is 24.1 Å². The van der Waals surface area contributed by atoms with Gasteiger partial charge in [0.1, 0.15) is 6.10 Å². The SMILES string of the molecule is C[C@@H]1[C@H](O)[C@H](O)C(Oc2cccc3ccc(=O)oc23)OC1(C)C. The Hall–Kier alpha value is -1.89. The fourth-order valence-corrected chi connectivity index (χ4v) is 2.72. The Labute approximate surface area is 133 Å². The van der Waals surface area contributed by atoms with Gasteiger partial charge in [-0.3, -0.25) is 0 Å². The van der Waals surface area contributed by atoms with E-state index in [1.54, 1.807) is 31.2 Å². The molecule has 3 rings (SSSR count). The Bertz CT molecular complexity index is 765. The van der Waals surface area contributed by atoms with E-state index in [4.69, 9.17) is 13.9 Å². The molecule has 2 aromatic rings. The molecule has 0 saturated carbocycles. The highest BCUT2D eigenvalue weighted by molar-refractivity contribution is 5.82. The molecule has 23 heavy (non-hydrogen) atoms. The number of benzene rings is 1. The van der Waals surface area contributed by atoms with Crippen LogP contribution in [0.5, 0.6) is 5.75 Å². The molecule has 4 atom stereocenters. The Balaban J connectivity index is 1.95. The van der Waals surface area contributed by atoms with Gasteiger partial charge in [-0.05, 0) is 26.0 Å². The van der Waals surface area contributed by atoms with Crippen LogP contribution >= 0.6 is 0 Å². The highest BCUT2D eigenvalue weighted by atomic mass is 16.7. The molecule has 0 spiro atoms. The highest BCUT2D eigenvalue weighted by Gasteiger charge is 2.47. The number of para-hydroxylation sites is 1. The molecule has 0 bridgehead atoms. The van der Waals surface area contributed by atoms with E-state index in [1.807, 2.05) is 13.8 Å². The second kappa shape index (κ2) is 5.63. The zero-order valence-electron chi connectivity index (χ0n) is 13.2. The lowest BCUT2D eigenvalue weighted by Crippen LogP contribution is -2.59. The van der Waals surface area contributed by atoms with Crippen molar-refractivity contribution in [3.63, 3.8) is 0 Å². The van der Waals surface area contributed by atoms with Crippen LogP contribution in [0.3, 0.4) is 0 Å². The summed E-state index contributed by atoms with van der Waals surface area (Å²) in [4.78, 5) is 11.4. The van der Waals surface area contributed by atoms with E-state index in [2.05, 4.69) is 0 Å². The molecule has 0 aliphatic carbocycles. The molecular weight excluding hydrogens is 300 g/mol. The van der Waals surface area contributed by atoms with Gasteiger partial charge in [-0.15, -0.1) is 0 Å². The number of hydrogen-bond acceptors (Lipinski definition) is 6. The quantitative estimate of drug-likeness (QED) is 0.818. The van der Waals surface area contributed by atoms with Crippen LogP contribution in [-0.2, 0) is 4.74 Å². The summed E-state index contributed by atoms with van der Waals surface area (Å²) in [6, 6.07) is 8.11. The van der Waals surface area contributed by atoms with E-state index in [9.17, 15) is 15.0 Å². The van der Waals surface area contributed by atoms with E-state index in [0.717, 1.165) is 0 Å². The number of ether oxygens (including phenoxy) is 2. The van der Waals surface area contributed by atoms with Crippen LogP contribution in [-0.4, -0.2) is 34.3 Å². The van der Waals surface area contributed by atoms with Gasteiger partial charge in [-0.25, -0.2) is 4.79 Å². The van der Waals surface area contributed by atoms with Crippen LogP contribution in [0.15, 0.2) is 39.5 Å². The van der Waals surface area contributed by atoms with Crippen molar-refractivity contribution in [2.24, 2.45) is 5.92 Å². The summed E-state index contributed by atoms with van der Waals surface area (Å²) in [5, 5.41) is 21.1. The molecule has 6 heteroatoms. The summed E-state index contributed by atoms with van der Waals surface area (Å²) in [5.41, 5.74) is -0.885. The minimum absolute atomic E-state index is 0.261. The fourth-order valence-electron chi connectivity index (χ4n) is 2.72. The minimum atomic E-state index is -1.20. The van der Waals surface area contributed by atoms with Gasteiger partial charge in [0, 0.05) is 17.4 Å². The lowest BCUT2D eigenvalue weighted by Gasteiger charge is -2.46. The van der Waals surface area contributed by atoms with Gasteiger partial charge < -0.3 is 24.1 Å². The van der Waals surface area contributed by atoms with Crippen molar-refractivity contribution in [2.45, 2.75) is 44.9 Å². The Morgan fingerprint density at radius 3 is 2.61 bits per heavy atom. The molecule has 1 aliphatic rings. The number of fused-ring (bicyclic) bond motifs is 1. The first-order valence-corrected chi connectivity index (χ1v) is 7.53. The molecule has 6 nitrogen and oxygen atoms in total. The number of hydrogen-bond donors (Lipinski definition) is 2. The summed E-state index contributed by atoms with van der Waals surface area (Å²) in [7, 11) is 0. The fraction of sp³-hybridized carbons (Fsp3) is 0.471. The second-order valence-electron chi connectivity index (χ2n) is 6.41. The van der Waals surface area contributed by atoms with Crippen molar-refractivity contribution in [2.75, 3.05) is 0 Å². The normalized spacial score (nSPS) is 30.3. The van der Waals surface area contributed by atoms with Crippen LogP contribution in [0, 0.1) is 5.92 Å². The third kappa shape index (κ3) is 2.85. The molecule has 124 valence electrons. The number of rotatable bonds is 2. The number of aliphatic hydroxyl groups is 2. The maximum Gasteiger partial charge on any atom is 0.336 e. The van der Waals surface area contributed by atoms with E-state index in [0.29, 0.717) is 5.39 Å².